The smallest absolute Gasteiger partial charge is 0.214 e. The van der Waals surface area contributed by atoms with Gasteiger partial charge in [-0.25, -0.2) is 12.7 Å². The normalized spacial score (nSPS) is 25.6. The van der Waals surface area contributed by atoms with Crippen LogP contribution < -0.4 is 5.32 Å². The van der Waals surface area contributed by atoms with Crippen molar-refractivity contribution in [3.63, 3.8) is 0 Å². The van der Waals surface area contributed by atoms with E-state index >= 15 is 0 Å². The van der Waals surface area contributed by atoms with Crippen LogP contribution in [-0.4, -0.2) is 44.7 Å². The minimum atomic E-state index is -3.06. The van der Waals surface area contributed by atoms with Crippen molar-refractivity contribution in [3.05, 3.63) is 0 Å². The van der Waals surface area contributed by atoms with Crippen LogP contribution in [0.2, 0.25) is 0 Å². The third-order valence-electron chi connectivity index (χ3n) is 3.94. The molecule has 0 aromatic heterocycles. The van der Waals surface area contributed by atoms with E-state index in [1.807, 2.05) is 6.92 Å². The zero-order valence-corrected chi connectivity index (χ0v) is 12.8. The topological polar surface area (TPSA) is 49.4 Å². The summed E-state index contributed by atoms with van der Waals surface area (Å²) in [5.41, 5.74) is 0. The molecule has 0 saturated heterocycles. The Morgan fingerprint density at radius 3 is 2.39 bits per heavy atom. The van der Waals surface area contributed by atoms with Crippen molar-refractivity contribution < 1.29 is 8.42 Å². The summed E-state index contributed by atoms with van der Waals surface area (Å²) in [6.07, 6.45) is 5.04. The number of rotatable bonds is 7. The molecule has 0 spiro atoms. The van der Waals surface area contributed by atoms with E-state index in [4.69, 9.17) is 0 Å². The molecule has 1 saturated carbocycles. The van der Waals surface area contributed by atoms with Crippen LogP contribution in [0.15, 0.2) is 0 Å². The predicted molar refractivity (Wildman–Crippen MR) is 76.1 cm³/mol. The van der Waals surface area contributed by atoms with Gasteiger partial charge in [-0.2, -0.15) is 0 Å². The molecule has 1 N–H and O–H groups in total. The fourth-order valence-electron chi connectivity index (χ4n) is 2.53. The standard InChI is InChI=1S/C13H28N2O2S/c1-4-14-10-5-11-18(16,17)15(3)13-8-6-12(2)7-9-13/h12-14H,4-11H2,1-3H3. The first-order valence-electron chi connectivity index (χ1n) is 7.13. The maximum Gasteiger partial charge on any atom is 0.214 e. The zero-order valence-electron chi connectivity index (χ0n) is 12.0. The van der Waals surface area contributed by atoms with E-state index < -0.39 is 10.0 Å². The van der Waals surface area contributed by atoms with Gasteiger partial charge >= 0.3 is 0 Å². The molecule has 0 amide bonds. The van der Waals surface area contributed by atoms with Crippen LogP contribution in [0.5, 0.6) is 0 Å². The molecular weight excluding hydrogens is 248 g/mol. The number of sulfonamides is 1. The van der Waals surface area contributed by atoms with Gasteiger partial charge in [-0.3, -0.25) is 0 Å². The van der Waals surface area contributed by atoms with Crippen molar-refractivity contribution in [2.45, 2.75) is 52.0 Å². The summed E-state index contributed by atoms with van der Waals surface area (Å²) in [6.45, 7) is 5.96. The van der Waals surface area contributed by atoms with Crippen LogP contribution >= 0.6 is 0 Å². The van der Waals surface area contributed by atoms with E-state index in [1.165, 1.54) is 0 Å². The minimum Gasteiger partial charge on any atom is -0.317 e. The van der Waals surface area contributed by atoms with Crippen LogP contribution in [-0.2, 0) is 10.0 Å². The van der Waals surface area contributed by atoms with Gasteiger partial charge in [0.1, 0.15) is 0 Å². The van der Waals surface area contributed by atoms with E-state index in [1.54, 1.807) is 11.4 Å². The van der Waals surface area contributed by atoms with Crippen molar-refractivity contribution in [2.75, 3.05) is 25.9 Å². The van der Waals surface area contributed by atoms with Gasteiger partial charge in [0, 0.05) is 13.1 Å². The molecule has 0 aliphatic heterocycles. The Kier molecular flexibility index (Phi) is 6.60. The van der Waals surface area contributed by atoms with E-state index in [2.05, 4.69) is 12.2 Å². The van der Waals surface area contributed by atoms with E-state index in [0.717, 1.165) is 44.7 Å². The quantitative estimate of drug-likeness (QED) is 0.722. The Hall–Kier alpha value is -0.130. The Morgan fingerprint density at radius 1 is 1.22 bits per heavy atom. The molecule has 1 rings (SSSR count). The monoisotopic (exact) mass is 276 g/mol. The second-order valence-corrected chi connectivity index (χ2v) is 7.60. The number of nitrogens with one attached hydrogen (secondary N) is 1. The van der Waals surface area contributed by atoms with Gasteiger partial charge in [-0.1, -0.05) is 13.8 Å². The highest BCUT2D eigenvalue weighted by molar-refractivity contribution is 7.89. The minimum absolute atomic E-state index is 0.227. The SMILES string of the molecule is CCNCCCS(=O)(=O)N(C)C1CCC(C)CC1. The molecule has 0 aromatic carbocycles. The van der Waals surface area contributed by atoms with Gasteiger partial charge in [0.2, 0.25) is 10.0 Å². The zero-order chi connectivity index (χ0) is 13.6. The molecule has 0 aromatic rings. The van der Waals surface area contributed by atoms with Crippen molar-refractivity contribution in [1.82, 2.24) is 9.62 Å². The first kappa shape index (κ1) is 15.9. The first-order valence-corrected chi connectivity index (χ1v) is 8.74. The van der Waals surface area contributed by atoms with E-state index in [-0.39, 0.29) is 11.8 Å². The molecule has 1 fully saturated rings. The van der Waals surface area contributed by atoms with Crippen molar-refractivity contribution in [1.29, 1.82) is 0 Å². The summed E-state index contributed by atoms with van der Waals surface area (Å²) >= 11 is 0. The van der Waals surface area contributed by atoms with Crippen molar-refractivity contribution in [3.8, 4) is 0 Å². The van der Waals surface area contributed by atoms with Gasteiger partial charge in [0.15, 0.2) is 0 Å². The number of nitrogens with zero attached hydrogens (tertiary/aromatic N) is 1. The average molecular weight is 276 g/mol. The van der Waals surface area contributed by atoms with E-state index in [0.29, 0.717) is 6.42 Å². The molecule has 5 heteroatoms. The van der Waals surface area contributed by atoms with Gasteiger partial charge in [0.25, 0.3) is 0 Å². The summed E-state index contributed by atoms with van der Waals surface area (Å²) in [6, 6.07) is 0.227. The molecule has 4 nitrogen and oxygen atoms in total. The predicted octanol–water partition coefficient (Wildman–Crippen LogP) is 1.83. The highest BCUT2D eigenvalue weighted by Crippen LogP contribution is 2.27. The molecule has 108 valence electrons. The van der Waals surface area contributed by atoms with Gasteiger partial charge in [0.05, 0.1) is 5.75 Å². The van der Waals surface area contributed by atoms with Crippen LogP contribution in [0, 0.1) is 5.92 Å². The number of hydrogen-bond acceptors (Lipinski definition) is 3. The van der Waals surface area contributed by atoms with Crippen molar-refractivity contribution >= 4 is 10.0 Å². The highest BCUT2D eigenvalue weighted by atomic mass is 32.2. The lowest BCUT2D eigenvalue weighted by molar-refractivity contribution is 0.246. The van der Waals surface area contributed by atoms with Crippen LogP contribution in [0.25, 0.3) is 0 Å². The van der Waals surface area contributed by atoms with Gasteiger partial charge in [-0.15, -0.1) is 0 Å². The highest BCUT2D eigenvalue weighted by Gasteiger charge is 2.28. The Morgan fingerprint density at radius 2 is 1.83 bits per heavy atom. The lowest BCUT2D eigenvalue weighted by Crippen LogP contribution is -2.40. The molecule has 0 unspecified atom stereocenters. The second-order valence-electron chi connectivity index (χ2n) is 5.45. The lowest BCUT2D eigenvalue weighted by atomic mass is 9.87. The Bertz CT molecular complexity index is 322. The molecule has 0 bridgehead atoms. The maximum atomic E-state index is 12.2. The van der Waals surface area contributed by atoms with Crippen LogP contribution in [0.1, 0.15) is 46.0 Å². The summed E-state index contributed by atoms with van der Waals surface area (Å²) in [7, 11) is -1.31. The van der Waals surface area contributed by atoms with Gasteiger partial charge in [-0.05, 0) is 51.1 Å². The molecule has 0 radical (unpaired) electrons. The average Bonchev–Trinajstić information content (AvgIpc) is 2.35. The van der Waals surface area contributed by atoms with E-state index in [9.17, 15) is 8.42 Å². The molecule has 0 atom stereocenters. The molecule has 18 heavy (non-hydrogen) atoms. The molecule has 1 aliphatic carbocycles. The summed E-state index contributed by atoms with van der Waals surface area (Å²) in [5.74, 6) is 1.02. The summed E-state index contributed by atoms with van der Waals surface area (Å²) in [5, 5.41) is 3.16. The maximum absolute atomic E-state index is 12.2. The van der Waals surface area contributed by atoms with Crippen LogP contribution in [0.3, 0.4) is 0 Å². The first-order chi connectivity index (χ1) is 8.47. The fourth-order valence-corrected chi connectivity index (χ4v) is 4.00. The number of hydrogen-bond donors (Lipinski definition) is 1. The molecule has 1 aliphatic rings. The Balaban J connectivity index is 2.41. The molecular formula is C13H28N2O2S. The summed E-state index contributed by atoms with van der Waals surface area (Å²) < 4.78 is 26.0. The largest absolute Gasteiger partial charge is 0.317 e. The third-order valence-corrected chi connectivity index (χ3v) is 5.92. The fraction of sp³-hybridized carbons (Fsp3) is 1.00. The van der Waals surface area contributed by atoms with Gasteiger partial charge < -0.3 is 5.32 Å². The third kappa shape index (κ3) is 4.86. The second kappa shape index (κ2) is 7.46. The molecule has 0 heterocycles. The Labute approximate surface area is 112 Å². The lowest BCUT2D eigenvalue weighted by Gasteiger charge is -2.32. The van der Waals surface area contributed by atoms with Crippen molar-refractivity contribution in [2.24, 2.45) is 5.92 Å². The summed E-state index contributed by atoms with van der Waals surface area (Å²) in [4.78, 5) is 0. The van der Waals surface area contributed by atoms with Crippen LogP contribution in [0.4, 0.5) is 0 Å².